The molecule has 1 aliphatic heterocycles. The maximum absolute atomic E-state index is 13.0. The van der Waals surface area contributed by atoms with E-state index in [4.69, 9.17) is 17.3 Å². The van der Waals surface area contributed by atoms with Crippen LogP contribution in [0.2, 0.25) is 5.02 Å². The number of imidazole rings is 1. The molecule has 2 aromatic rings. The Morgan fingerprint density at radius 3 is 2.50 bits per heavy atom. The summed E-state index contributed by atoms with van der Waals surface area (Å²) in [6.07, 6.45) is 15.2. The molecule has 2 heterocycles. The second-order valence-electron chi connectivity index (χ2n) is 9.19. The molecule has 1 saturated carbocycles. The Hall–Kier alpha value is -1.85. The molecule has 2 aliphatic rings. The van der Waals surface area contributed by atoms with Crippen LogP contribution < -0.4 is 5.73 Å². The van der Waals surface area contributed by atoms with E-state index in [0.29, 0.717) is 11.4 Å². The van der Waals surface area contributed by atoms with Crippen LogP contribution in [0.5, 0.6) is 0 Å². The molecular formula is C24H33ClN4O. The van der Waals surface area contributed by atoms with E-state index in [1.54, 1.807) is 0 Å². The third-order valence-electron chi connectivity index (χ3n) is 7.28. The molecule has 1 saturated heterocycles. The number of halogens is 1. The van der Waals surface area contributed by atoms with Crippen molar-refractivity contribution in [1.82, 2.24) is 14.5 Å². The van der Waals surface area contributed by atoms with Crippen molar-refractivity contribution >= 4 is 17.5 Å². The van der Waals surface area contributed by atoms with Gasteiger partial charge in [-0.2, -0.15) is 0 Å². The van der Waals surface area contributed by atoms with Crippen LogP contribution in [-0.4, -0.2) is 39.5 Å². The maximum atomic E-state index is 13.0. The molecule has 5 nitrogen and oxygen atoms in total. The van der Waals surface area contributed by atoms with E-state index in [9.17, 15) is 4.79 Å². The number of nitrogens with two attached hydrogens (primary N) is 1. The second-order valence-corrected chi connectivity index (χ2v) is 9.63. The van der Waals surface area contributed by atoms with Crippen molar-refractivity contribution < 1.29 is 4.79 Å². The van der Waals surface area contributed by atoms with E-state index in [0.717, 1.165) is 44.0 Å². The Balaban J connectivity index is 1.40. The third kappa shape index (κ3) is 4.89. The predicted molar refractivity (Wildman–Crippen MR) is 120 cm³/mol. The first-order chi connectivity index (χ1) is 14.6. The molecule has 2 fully saturated rings. The normalized spacial score (nSPS) is 20.8. The predicted octanol–water partition coefficient (Wildman–Crippen LogP) is 4.30. The van der Waals surface area contributed by atoms with Crippen molar-refractivity contribution in [3.63, 3.8) is 0 Å². The van der Waals surface area contributed by atoms with Crippen LogP contribution in [0, 0.1) is 11.3 Å². The summed E-state index contributed by atoms with van der Waals surface area (Å²) in [6, 6.07) is 7.10. The molecule has 1 aromatic heterocycles. The molecule has 0 spiro atoms. The maximum Gasteiger partial charge on any atom is 0.239 e. The molecule has 30 heavy (non-hydrogen) atoms. The average molecular weight is 429 g/mol. The first kappa shape index (κ1) is 21.4. The lowest BCUT2D eigenvalue weighted by Gasteiger charge is -2.48. The van der Waals surface area contributed by atoms with Crippen molar-refractivity contribution in [2.75, 3.05) is 13.1 Å². The fourth-order valence-electron chi connectivity index (χ4n) is 5.52. The number of hydrogen-bond donors (Lipinski definition) is 1. The molecule has 2 N–H and O–H groups in total. The van der Waals surface area contributed by atoms with Gasteiger partial charge in [0, 0.05) is 37.1 Å². The van der Waals surface area contributed by atoms with Gasteiger partial charge < -0.3 is 15.2 Å². The molecule has 0 radical (unpaired) electrons. The summed E-state index contributed by atoms with van der Waals surface area (Å²) in [5.41, 5.74) is 7.61. The standard InChI is InChI=1S/C24H33ClN4O/c25-21-8-6-19(7-9-21)16-22(26)23(30)29-13-10-24(11-14-29,17-28-15-12-27-18-28)20-4-2-1-3-5-20/h6-9,12,15,18,20,22H,1-5,10-11,13-14,16-17,26H2/t22-/m0/s1. The van der Waals surface area contributed by atoms with Crippen LogP contribution in [0.3, 0.4) is 0 Å². The summed E-state index contributed by atoms with van der Waals surface area (Å²) in [4.78, 5) is 19.3. The van der Waals surface area contributed by atoms with Gasteiger partial charge in [0.05, 0.1) is 12.4 Å². The minimum Gasteiger partial charge on any atom is -0.341 e. The largest absolute Gasteiger partial charge is 0.341 e. The SMILES string of the molecule is N[C@@H](Cc1ccc(Cl)cc1)C(=O)N1CCC(Cn2ccnc2)(C2CCCCC2)CC1. The van der Waals surface area contributed by atoms with Gasteiger partial charge in [-0.1, -0.05) is 43.0 Å². The van der Waals surface area contributed by atoms with Gasteiger partial charge in [-0.25, -0.2) is 4.98 Å². The third-order valence-corrected chi connectivity index (χ3v) is 7.54. The lowest BCUT2D eigenvalue weighted by molar-refractivity contribution is -0.136. The Morgan fingerprint density at radius 2 is 1.87 bits per heavy atom. The first-order valence-electron chi connectivity index (χ1n) is 11.3. The van der Waals surface area contributed by atoms with E-state index in [1.165, 1.54) is 32.1 Å². The highest BCUT2D eigenvalue weighted by molar-refractivity contribution is 6.30. The number of benzene rings is 1. The molecule has 6 heteroatoms. The number of likely N-dealkylation sites (tertiary alicyclic amines) is 1. The highest BCUT2D eigenvalue weighted by Crippen LogP contribution is 2.47. The molecule has 1 amide bonds. The van der Waals surface area contributed by atoms with Gasteiger partial charge in [0.1, 0.15) is 0 Å². The molecule has 162 valence electrons. The highest BCUT2D eigenvalue weighted by atomic mass is 35.5. The van der Waals surface area contributed by atoms with Crippen molar-refractivity contribution in [2.45, 2.75) is 64.0 Å². The topological polar surface area (TPSA) is 64.2 Å². The van der Waals surface area contributed by atoms with E-state index in [1.807, 2.05) is 41.7 Å². The Morgan fingerprint density at radius 1 is 1.17 bits per heavy atom. The number of nitrogens with zero attached hydrogens (tertiary/aromatic N) is 3. The Bertz CT molecular complexity index is 806. The molecular weight excluding hydrogens is 396 g/mol. The summed E-state index contributed by atoms with van der Waals surface area (Å²) in [5.74, 6) is 0.818. The zero-order valence-electron chi connectivity index (χ0n) is 17.7. The van der Waals surface area contributed by atoms with Crippen molar-refractivity contribution in [3.8, 4) is 0 Å². The zero-order chi connectivity index (χ0) is 21.0. The van der Waals surface area contributed by atoms with Gasteiger partial charge in [0.2, 0.25) is 5.91 Å². The first-order valence-corrected chi connectivity index (χ1v) is 11.7. The molecule has 1 aliphatic carbocycles. The van der Waals surface area contributed by atoms with Crippen LogP contribution in [-0.2, 0) is 17.8 Å². The van der Waals surface area contributed by atoms with Crippen LogP contribution >= 0.6 is 11.6 Å². The second kappa shape index (κ2) is 9.52. The smallest absolute Gasteiger partial charge is 0.239 e. The van der Waals surface area contributed by atoms with Crippen molar-refractivity contribution in [2.24, 2.45) is 17.1 Å². The van der Waals surface area contributed by atoms with Gasteiger partial charge in [0.25, 0.3) is 0 Å². The summed E-state index contributed by atoms with van der Waals surface area (Å²) in [5, 5.41) is 0.701. The quantitative estimate of drug-likeness (QED) is 0.746. The summed E-state index contributed by atoms with van der Waals surface area (Å²) < 4.78 is 2.23. The number of amides is 1. The zero-order valence-corrected chi connectivity index (χ0v) is 18.4. The van der Waals surface area contributed by atoms with Crippen LogP contribution in [0.15, 0.2) is 43.0 Å². The number of hydrogen-bond acceptors (Lipinski definition) is 3. The van der Waals surface area contributed by atoms with Gasteiger partial charge in [0.15, 0.2) is 0 Å². The molecule has 1 atom stereocenters. The fraction of sp³-hybridized carbons (Fsp3) is 0.583. The highest BCUT2D eigenvalue weighted by Gasteiger charge is 2.43. The summed E-state index contributed by atoms with van der Waals surface area (Å²) in [7, 11) is 0. The molecule has 0 unspecified atom stereocenters. The number of rotatable bonds is 6. The molecule has 1 aromatic carbocycles. The van der Waals surface area contributed by atoms with Crippen molar-refractivity contribution in [1.29, 1.82) is 0 Å². The minimum atomic E-state index is -0.498. The number of carbonyl (C=O) groups excluding carboxylic acids is 1. The van der Waals surface area contributed by atoms with Gasteiger partial charge in [-0.3, -0.25) is 4.79 Å². The van der Waals surface area contributed by atoms with E-state index in [-0.39, 0.29) is 11.3 Å². The van der Waals surface area contributed by atoms with Gasteiger partial charge >= 0.3 is 0 Å². The van der Waals surface area contributed by atoms with Gasteiger partial charge in [-0.05, 0) is 61.1 Å². The van der Waals surface area contributed by atoms with Gasteiger partial charge in [-0.15, -0.1) is 0 Å². The lowest BCUT2D eigenvalue weighted by Crippen LogP contribution is -2.52. The van der Waals surface area contributed by atoms with Crippen LogP contribution in [0.1, 0.15) is 50.5 Å². The van der Waals surface area contributed by atoms with E-state index < -0.39 is 6.04 Å². The van der Waals surface area contributed by atoms with E-state index >= 15 is 0 Å². The van der Waals surface area contributed by atoms with E-state index in [2.05, 4.69) is 15.7 Å². The van der Waals surface area contributed by atoms with Crippen LogP contribution in [0.4, 0.5) is 0 Å². The number of piperidine rings is 1. The fourth-order valence-corrected chi connectivity index (χ4v) is 5.65. The number of aromatic nitrogens is 2. The molecule has 4 rings (SSSR count). The monoisotopic (exact) mass is 428 g/mol. The molecule has 0 bridgehead atoms. The van der Waals surface area contributed by atoms with Crippen LogP contribution in [0.25, 0.3) is 0 Å². The van der Waals surface area contributed by atoms with Crippen molar-refractivity contribution in [3.05, 3.63) is 53.6 Å². The number of carbonyl (C=O) groups is 1. The average Bonchev–Trinajstić information content (AvgIpc) is 3.29. The summed E-state index contributed by atoms with van der Waals surface area (Å²) >= 11 is 5.96. The lowest BCUT2D eigenvalue weighted by atomic mass is 9.63. The Kier molecular flexibility index (Phi) is 6.79. The Labute approximate surface area is 184 Å². The minimum absolute atomic E-state index is 0.0739. The summed E-state index contributed by atoms with van der Waals surface area (Å²) in [6.45, 7) is 2.62.